The molecule has 3 rings (SSSR count). The lowest BCUT2D eigenvalue weighted by atomic mass is 9.80. The van der Waals surface area contributed by atoms with Crippen molar-refractivity contribution in [3.63, 3.8) is 0 Å². The minimum Gasteiger partial charge on any atom is -0.497 e. The fourth-order valence-electron chi connectivity index (χ4n) is 3.04. The van der Waals surface area contributed by atoms with Crippen LogP contribution in [0, 0.1) is 11.2 Å². The van der Waals surface area contributed by atoms with Gasteiger partial charge in [0.15, 0.2) is 0 Å². The molecule has 5 nitrogen and oxygen atoms in total. The minimum absolute atomic E-state index is 0.269. The van der Waals surface area contributed by atoms with Crippen LogP contribution < -0.4 is 15.2 Å². The third-order valence-corrected chi connectivity index (χ3v) is 4.72. The Morgan fingerprint density at radius 1 is 1.31 bits per heavy atom. The summed E-state index contributed by atoms with van der Waals surface area (Å²) in [6, 6.07) is 7.83. The lowest BCUT2D eigenvalue weighted by Crippen LogP contribution is -2.37. The van der Waals surface area contributed by atoms with Gasteiger partial charge in [-0.15, -0.1) is 0 Å². The molecule has 0 radical (unpaired) electrons. The van der Waals surface area contributed by atoms with Crippen LogP contribution in [0.25, 0.3) is 11.1 Å². The van der Waals surface area contributed by atoms with Gasteiger partial charge in [0, 0.05) is 27.1 Å². The maximum atomic E-state index is 14.9. The van der Waals surface area contributed by atoms with Crippen molar-refractivity contribution in [3.8, 4) is 22.6 Å². The van der Waals surface area contributed by atoms with E-state index in [1.165, 1.54) is 13.2 Å². The molecule has 0 aromatic heterocycles. The van der Waals surface area contributed by atoms with E-state index in [2.05, 4.69) is 0 Å². The van der Waals surface area contributed by atoms with Gasteiger partial charge in [-0.1, -0.05) is 25.4 Å². The zero-order valence-corrected chi connectivity index (χ0v) is 15.4. The molecule has 1 aliphatic rings. The van der Waals surface area contributed by atoms with Crippen molar-refractivity contribution in [2.24, 2.45) is 11.1 Å². The molecule has 0 spiro atoms. The molecule has 2 aromatic rings. The van der Waals surface area contributed by atoms with Crippen molar-refractivity contribution in [2.75, 3.05) is 13.7 Å². The molecule has 0 fully saturated rings. The van der Waals surface area contributed by atoms with E-state index in [0.717, 1.165) is 0 Å². The third kappa shape index (κ3) is 3.29. The summed E-state index contributed by atoms with van der Waals surface area (Å²) in [5.74, 6) is 0.461. The SMILES string of the molecule is COc1ccc(Cl)c(-c2cc3c(cc2F)C(OC(N)=O)C(C)(C)CO3)c1. The van der Waals surface area contributed by atoms with Gasteiger partial charge in [0.2, 0.25) is 0 Å². The van der Waals surface area contributed by atoms with Gasteiger partial charge < -0.3 is 19.9 Å². The zero-order valence-electron chi connectivity index (χ0n) is 14.6. The maximum Gasteiger partial charge on any atom is 0.405 e. The number of methoxy groups -OCH3 is 1. The van der Waals surface area contributed by atoms with Crippen LogP contribution in [0.5, 0.6) is 11.5 Å². The summed E-state index contributed by atoms with van der Waals surface area (Å²) in [7, 11) is 1.52. The topological polar surface area (TPSA) is 70.8 Å². The Morgan fingerprint density at radius 2 is 2.04 bits per heavy atom. The van der Waals surface area contributed by atoms with Gasteiger partial charge in [-0.25, -0.2) is 9.18 Å². The molecule has 0 saturated heterocycles. The second-order valence-electron chi connectivity index (χ2n) is 6.81. The van der Waals surface area contributed by atoms with Gasteiger partial charge in [-0.2, -0.15) is 0 Å². The van der Waals surface area contributed by atoms with Gasteiger partial charge in [0.1, 0.15) is 23.4 Å². The summed E-state index contributed by atoms with van der Waals surface area (Å²) in [6.45, 7) is 4.00. The smallest absolute Gasteiger partial charge is 0.405 e. The summed E-state index contributed by atoms with van der Waals surface area (Å²) in [4.78, 5) is 11.3. The van der Waals surface area contributed by atoms with E-state index in [0.29, 0.717) is 27.6 Å². The second kappa shape index (κ2) is 6.68. The lowest BCUT2D eigenvalue weighted by Gasteiger charge is -2.38. The Kier molecular flexibility index (Phi) is 4.71. The Hall–Kier alpha value is -2.47. The molecule has 2 aromatic carbocycles. The van der Waals surface area contributed by atoms with E-state index in [9.17, 15) is 9.18 Å². The quantitative estimate of drug-likeness (QED) is 0.838. The van der Waals surface area contributed by atoms with Crippen LogP contribution in [-0.4, -0.2) is 19.8 Å². The van der Waals surface area contributed by atoms with E-state index in [1.807, 2.05) is 13.8 Å². The number of ether oxygens (including phenoxy) is 3. The van der Waals surface area contributed by atoms with E-state index in [4.69, 9.17) is 31.5 Å². The average molecular weight is 380 g/mol. The number of halogens is 2. The molecule has 2 N–H and O–H groups in total. The zero-order chi connectivity index (χ0) is 19.1. The molecule has 0 aliphatic carbocycles. The number of amides is 1. The standard InChI is InChI=1S/C19H19ClFNO4/c1-19(2)9-25-16-8-12(11-6-10(24-3)4-5-14(11)20)15(21)7-13(16)17(19)26-18(22)23/h4-8,17H,9H2,1-3H3,(H2,22,23). The largest absolute Gasteiger partial charge is 0.497 e. The van der Waals surface area contributed by atoms with Crippen molar-refractivity contribution in [3.05, 3.63) is 46.7 Å². The highest BCUT2D eigenvalue weighted by Crippen LogP contribution is 2.47. The first-order valence-corrected chi connectivity index (χ1v) is 8.37. The summed E-state index contributed by atoms with van der Waals surface area (Å²) in [5.41, 5.74) is 5.81. The van der Waals surface area contributed by atoms with Crippen LogP contribution in [-0.2, 0) is 4.74 Å². The Bertz CT molecular complexity index is 869. The average Bonchev–Trinajstić information content (AvgIpc) is 2.58. The predicted molar refractivity (Wildman–Crippen MR) is 96.1 cm³/mol. The third-order valence-electron chi connectivity index (χ3n) is 4.39. The molecule has 0 bridgehead atoms. The fraction of sp³-hybridized carbons (Fsp3) is 0.316. The predicted octanol–water partition coefficient (Wildman–Crippen LogP) is 4.71. The van der Waals surface area contributed by atoms with Crippen molar-refractivity contribution < 1.29 is 23.4 Å². The van der Waals surface area contributed by atoms with E-state index in [1.54, 1.807) is 24.3 Å². The molecule has 0 saturated carbocycles. The highest BCUT2D eigenvalue weighted by atomic mass is 35.5. The Morgan fingerprint density at radius 3 is 2.69 bits per heavy atom. The highest BCUT2D eigenvalue weighted by molar-refractivity contribution is 6.33. The van der Waals surface area contributed by atoms with Crippen molar-refractivity contribution in [1.82, 2.24) is 0 Å². The summed E-state index contributed by atoms with van der Waals surface area (Å²) >= 11 is 6.24. The fourth-order valence-corrected chi connectivity index (χ4v) is 3.26. The molecule has 1 amide bonds. The molecule has 1 unspecified atom stereocenters. The molecule has 7 heteroatoms. The van der Waals surface area contributed by atoms with Crippen LogP contribution >= 0.6 is 11.6 Å². The van der Waals surface area contributed by atoms with Crippen molar-refractivity contribution >= 4 is 17.7 Å². The number of fused-ring (bicyclic) bond motifs is 1. The van der Waals surface area contributed by atoms with Crippen LogP contribution in [0.3, 0.4) is 0 Å². The first-order chi connectivity index (χ1) is 12.2. The minimum atomic E-state index is -0.920. The highest BCUT2D eigenvalue weighted by Gasteiger charge is 2.41. The normalized spacial score (nSPS) is 17.8. The van der Waals surface area contributed by atoms with Gasteiger partial charge in [0.25, 0.3) is 0 Å². The van der Waals surface area contributed by atoms with Gasteiger partial charge in [-0.05, 0) is 30.3 Å². The first-order valence-electron chi connectivity index (χ1n) is 7.99. The van der Waals surface area contributed by atoms with Crippen LogP contribution in [0.4, 0.5) is 9.18 Å². The number of hydrogen-bond acceptors (Lipinski definition) is 4. The maximum absolute atomic E-state index is 14.9. The molecule has 1 atom stereocenters. The number of nitrogens with two attached hydrogens (primary N) is 1. The molecule has 1 aliphatic heterocycles. The van der Waals surface area contributed by atoms with Crippen molar-refractivity contribution in [1.29, 1.82) is 0 Å². The van der Waals surface area contributed by atoms with Crippen LogP contribution in [0.15, 0.2) is 30.3 Å². The molecular weight excluding hydrogens is 361 g/mol. The van der Waals surface area contributed by atoms with Gasteiger partial charge in [-0.3, -0.25) is 0 Å². The van der Waals surface area contributed by atoms with Crippen LogP contribution in [0.2, 0.25) is 5.02 Å². The summed E-state index contributed by atoms with van der Waals surface area (Å²) in [5, 5.41) is 0.380. The van der Waals surface area contributed by atoms with Gasteiger partial charge >= 0.3 is 6.09 Å². The summed E-state index contributed by atoms with van der Waals surface area (Å²) < 4.78 is 31.1. The van der Waals surface area contributed by atoms with Gasteiger partial charge in [0.05, 0.1) is 13.7 Å². The number of carbonyl (C=O) groups is 1. The van der Waals surface area contributed by atoms with E-state index in [-0.39, 0.29) is 12.2 Å². The van der Waals surface area contributed by atoms with Crippen LogP contribution in [0.1, 0.15) is 25.5 Å². The second-order valence-corrected chi connectivity index (χ2v) is 7.22. The molecule has 138 valence electrons. The molecule has 26 heavy (non-hydrogen) atoms. The number of rotatable bonds is 3. The number of benzene rings is 2. The molecule has 1 heterocycles. The van der Waals surface area contributed by atoms with Crippen molar-refractivity contribution in [2.45, 2.75) is 20.0 Å². The number of primary amides is 1. The monoisotopic (exact) mass is 379 g/mol. The Labute approximate surface area is 155 Å². The molecular formula is C19H19ClFNO4. The number of hydrogen-bond donors (Lipinski definition) is 1. The van der Waals surface area contributed by atoms with E-state index < -0.39 is 23.4 Å². The lowest BCUT2D eigenvalue weighted by molar-refractivity contribution is -0.0178. The Balaban J connectivity index is 2.13. The van der Waals surface area contributed by atoms with E-state index >= 15 is 0 Å². The summed E-state index contributed by atoms with van der Waals surface area (Å²) in [6.07, 6.45) is -1.63. The first kappa shape index (κ1) is 18.3. The number of carbonyl (C=O) groups excluding carboxylic acids is 1.